The van der Waals surface area contributed by atoms with E-state index in [0.29, 0.717) is 5.56 Å². The summed E-state index contributed by atoms with van der Waals surface area (Å²) < 4.78 is 0. The molecule has 0 radical (unpaired) electrons. The number of fused-ring (bicyclic) bond motifs is 1. The van der Waals surface area contributed by atoms with Gasteiger partial charge in [0.2, 0.25) is 0 Å². The van der Waals surface area contributed by atoms with Crippen molar-refractivity contribution in [1.82, 2.24) is 4.90 Å². The molecule has 0 spiro atoms. The summed E-state index contributed by atoms with van der Waals surface area (Å²) in [6, 6.07) is 13.6. The van der Waals surface area contributed by atoms with Gasteiger partial charge in [0.15, 0.2) is 0 Å². The molecule has 0 aromatic heterocycles. The fourth-order valence-electron chi connectivity index (χ4n) is 4.07. The summed E-state index contributed by atoms with van der Waals surface area (Å²) in [6.45, 7) is 4.45. The second-order valence-corrected chi connectivity index (χ2v) is 7.62. The molecule has 4 heteroatoms. The number of carbonyl (C=O) groups excluding carboxylic acids is 2. The molecule has 4 nitrogen and oxygen atoms in total. The van der Waals surface area contributed by atoms with Gasteiger partial charge in [-0.15, -0.1) is 0 Å². The third-order valence-corrected chi connectivity index (χ3v) is 5.63. The molecule has 2 aromatic carbocycles. The van der Waals surface area contributed by atoms with Crippen LogP contribution in [0.25, 0.3) is 0 Å². The Labute approximate surface area is 160 Å². The molecule has 0 unspecified atom stereocenters. The van der Waals surface area contributed by atoms with Crippen molar-refractivity contribution in [2.24, 2.45) is 0 Å². The van der Waals surface area contributed by atoms with E-state index in [9.17, 15) is 9.59 Å². The number of carbonyl (C=O) groups is 2. The van der Waals surface area contributed by atoms with Gasteiger partial charge < -0.3 is 9.80 Å². The van der Waals surface area contributed by atoms with E-state index in [1.54, 1.807) is 0 Å². The number of piperidine rings is 1. The lowest BCUT2D eigenvalue weighted by Gasteiger charge is -2.31. The summed E-state index contributed by atoms with van der Waals surface area (Å²) in [5.41, 5.74) is 4.65. The molecule has 2 aliphatic heterocycles. The van der Waals surface area contributed by atoms with Crippen LogP contribution in [-0.2, 0) is 6.42 Å². The highest BCUT2D eigenvalue weighted by Crippen LogP contribution is 2.30. The van der Waals surface area contributed by atoms with E-state index >= 15 is 0 Å². The molecule has 0 bridgehead atoms. The van der Waals surface area contributed by atoms with Crippen molar-refractivity contribution in [2.45, 2.75) is 39.0 Å². The van der Waals surface area contributed by atoms with Crippen LogP contribution >= 0.6 is 0 Å². The zero-order chi connectivity index (χ0) is 18.8. The molecule has 0 aliphatic carbocycles. The van der Waals surface area contributed by atoms with Crippen LogP contribution in [0.5, 0.6) is 0 Å². The molecule has 0 atom stereocenters. The third-order valence-electron chi connectivity index (χ3n) is 5.63. The molecule has 0 N–H and O–H groups in total. The van der Waals surface area contributed by atoms with E-state index in [4.69, 9.17) is 0 Å². The van der Waals surface area contributed by atoms with Crippen LogP contribution in [0.2, 0.25) is 0 Å². The van der Waals surface area contributed by atoms with Crippen LogP contribution in [0.3, 0.4) is 0 Å². The first kappa shape index (κ1) is 17.8. The molecule has 0 saturated carbocycles. The molecule has 27 heavy (non-hydrogen) atoms. The van der Waals surface area contributed by atoms with E-state index in [1.807, 2.05) is 59.2 Å². The standard InChI is InChI=1S/C23H26N2O2/c1-17-7-9-18(10-8-17)23(27)25-15-5-6-19-16-20(11-12-21(19)25)22(26)24-13-3-2-4-14-24/h7-12,16H,2-6,13-15H2,1H3. The monoisotopic (exact) mass is 362 g/mol. The highest BCUT2D eigenvalue weighted by atomic mass is 16.2. The van der Waals surface area contributed by atoms with Crippen molar-refractivity contribution in [3.8, 4) is 0 Å². The van der Waals surface area contributed by atoms with Crippen LogP contribution in [0.4, 0.5) is 5.69 Å². The van der Waals surface area contributed by atoms with E-state index in [2.05, 4.69) is 0 Å². The first-order valence-electron chi connectivity index (χ1n) is 9.94. The Balaban J connectivity index is 1.59. The number of hydrogen-bond acceptors (Lipinski definition) is 2. The highest BCUT2D eigenvalue weighted by molar-refractivity contribution is 6.07. The lowest BCUT2D eigenvalue weighted by atomic mass is 9.97. The van der Waals surface area contributed by atoms with Crippen molar-refractivity contribution in [2.75, 3.05) is 24.5 Å². The predicted octanol–water partition coefficient (Wildman–Crippen LogP) is 4.21. The predicted molar refractivity (Wildman–Crippen MR) is 107 cm³/mol. The first-order valence-corrected chi connectivity index (χ1v) is 9.94. The zero-order valence-corrected chi connectivity index (χ0v) is 15.9. The Bertz CT molecular complexity index is 851. The maximum Gasteiger partial charge on any atom is 0.258 e. The van der Waals surface area contributed by atoms with Gasteiger partial charge in [-0.05, 0) is 74.9 Å². The molecule has 1 saturated heterocycles. The van der Waals surface area contributed by atoms with E-state index in [1.165, 1.54) is 6.42 Å². The lowest BCUT2D eigenvalue weighted by Crippen LogP contribution is -2.37. The van der Waals surface area contributed by atoms with E-state index in [0.717, 1.165) is 67.7 Å². The first-order chi connectivity index (χ1) is 13.1. The number of rotatable bonds is 2. The van der Waals surface area contributed by atoms with Crippen molar-refractivity contribution in [3.63, 3.8) is 0 Å². The Morgan fingerprint density at radius 1 is 0.778 bits per heavy atom. The van der Waals surface area contributed by atoms with Crippen molar-refractivity contribution in [3.05, 3.63) is 64.7 Å². The summed E-state index contributed by atoms with van der Waals surface area (Å²) in [5, 5.41) is 0. The Kier molecular flexibility index (Phi) is 4.97. The minimum Gasteiger partial charge on any atom is -0.339 e. The van der Waals surface area contributed by atoms with Gasteiger partial charge in [-0.2, -0.15) is 0 Å². The molecule has 2 amide bonds. The van der Waals surface area contributed by atoms with E-state index in [-0.39, 0.29) is 11.8 Å². The Hall–Kier alpha value is -2.62. The maximum absolute atomic E-state index is 13.0. The number of hydrogen-bond donors (Lipinski definition) is 0. The highest BCUT2D eigenvalue weighted by Gasteiger charge is 2.25. The second kappa shape index (κ2) is 7.55. The molecule has 140 valence electrons. The van der Waals surface area contributed by atoms with Gasteiger partial charge in [-0.1, -0.05) is 17.7 Å². The summed E-state index contributed by atoms with van der Waals surface area (Å²) in [6.07, 6.45) is 5.23. The molecule has 2 aliphatic rings. The average Bonchev–Trinajstić information content (AvgIpc) is 2.73. The number of amides is 2. The van der Waals surface area contributed by atoms with Gasteiger partial charge in [0.1, 0.15) is 0 Å². The van der Waals surface area contributed by atoms with Gasteiger partial charge >= 0.3 is 0 Å². The molecular weight excluding hydrogens is 336 g/mol. The Morgan fingerprint density at radius 2 is 1.48 bits per heavy atom. The average molecular weight is 362 g/mol. The fraction of sp³-hybridized carbons (Fsp3) is 0.391. The van der Waals surface area contributed by atoms with Gasteiger partial charge in [0.05, 0.1) is 0 Å². The van der Waals surface area contributed by atoms with Gasteiger partial charge in [0.25, 0.3) is 11.8 Å². The number of anilines is 1. The number of likely N-dealkylation sites (tertiary alicyclic amines) is 1. The summed E-state index contributed by atoms with van der Waals surface area (Å²) in [7, 11) is 0. The minimum absolute atomic E-state index is 0.0334. The normalized spacial score (nSPS) is 16.8. The zero-order valence-electron chi connectivity index (χ0n) is 15.9. The van der Waals surface area contributed by atoms with Gasteiger partial charge in [-0.25, -0.2) is 0 Å². The number of aryl methyl sites for hydroxylation is 2. The van der Waals surface area contributed by atoms with Gasteiger partial charge in [-0.3, -0.25) is 9.59 Å². The minimum atomic E-state index is 0.0334. The van der Waals surface area contributed by atoms with Crippen LogP contribution < -0.4 is 4.90 Å². The molecule has 2 aromatic rings. The summed E-state index contributed by atoms with van der Waals surface area (Å²) in [5.74, 6) is 0.158. The largest absolute Gasteiger partial charge is 0.339 e. The number of benzene rings is 2. The topological polar surface area (TPSA) is 40.6 Å². The molecule has 2 heterocycles. The van der Waals surface area contributed by atoms with Crippen LogP contribution in [0.1, 0.15) is 57.5 Å². The lowest BCUT2D eigenvalue weighted by molar-refractivity contribution is 0.0724. The number of nitrogens with zero attached hydrogens (tertiary/aromatic N) is 2. The summed E-state index contributed by atoms with van der Waals surface area (Å²) in [4.78, 5) is 29.6. The molecule has 1 fully saturated rings. The molecular formula is C23H26N2O2. The van der Waals surface area contributed by atoms with Crippen molar-refractivity contribution in [1.29, 1.82) is 0 Å². The second-order valence-electron chi connectivity index (χ2n) is 7.62. The van der Waals surface area contributed by atoms with Gasteiger partial charge in [0, 0.05) is 36.4 Å². The molecule has 4 rings (SSSR count). The quantitative estimate of drug-likeness (QED) is 0.803. The van der Waals surface area contributed by atoms with Crippen molar-refractivity contribution >= 4 is 17.5 Å². The SMILES string of the molecule is Cc1ccc(C(=O)N2CCCc3cc(C(=O)N4CCCCC4)ccc32)cc1. The summed E-state index contributed by atoms with van der Waals surface area (Å²) >= 11 is 0. The smallest absolute Gasteiger partial charge is 0.258 e. The fourth-order valence-corrected chi connectivity index (χ4v) is 4.07. The maximum atomic E-state index is 13.0. The van der Waals surface area contributed by atoms with Crippen LogP contribution in [0.15, 0.2) is 42.5 Å². The van der Waals surface area contributed by atoms with Crippen LogP contribution in [0, 0.1) is 6.92 Å². The van der Waals surface area contributed by atoms with E-state index < -0.39 is 0 Å². The Morgan fingerprint density at radius 3 is 2.22 bits per heavy atom. The van der Waals surface area contributed by atoms with Crippen molar-refractivity contribution < 1.29 is 9.59 Å². The third kappa shape index (κ3) is 3.61. The van der Waals surface area contributed by atoms with Crippen LogP contribution in [-0.4, -0.2) is 36.3 Å².